The Morgan fingerprint density at radius 2 is 2.44 bits per heavy atom. The van der Waals surface area contributed by atoms with E-state index in [1.165, 1.54) is 12.3 Å². The van der Waals surface area contributed by atoms with Gasteiger partial charge in [0, 0.05) is 6.20 Å². The van der Waals surface area contributed by atoms with Crippen molar-refractivity contribution in [1.82, 2.24) is 9.97 Å². The summed E-state index contributed by atoms with van der Waals surface area (Å²) in [5.41, 5.74) is -0.536. The zero-order valence-corrected chi connectivity index (χ0v) is 9.28. The monoisotopic (exact) mass is 252 g/mol. The summed E-state index contributed by atoms with van der Waals surface area (Å²) in [4.78, 5) is 17.0. The standard InChI is InChI=1S/C10H12N4O4/c11-3-5-8(16)6(4-15)18-9(5)13-7-1-2-12-10(17)14-7/h1-2,5-6,8-9,15-16H,4H2,(H2,12,13,14,17)/t5-,6+,8-,9?/m0/s1. The van der Waals surface area contributed by atoms with Gasteiger partial charge < -0.3 is 25.3 Å². The average Bonchev–Trinajstić information content (AvgIpc) is 2.65. The maximum atomic E-state index is 11.0. The Morgan fingerprint density at radius 3 is 3.06 bits per heavy atom. The van der Waals surface area contributed by atoms with E-state index in [0.717, 1.165) is 0 Å². The van der Waals surface area contributed by atoms with Crippen molar-refractivity contribution in [1.29, 1.82) is 5.26 Å². The van der Waals surface area contributed by atoms with Crippen molar-refractivity contribution in [3.63, 3.8) is 0 Å². The number of aliphatic hydroxyl groups excluding tert-OH is 2. The fourth-order valence-corrected chi connectivity index (χ4v) is 1.78. The van der Waals surface area contributed by atoms with E-state index in [2.05, 4.69) is 15.3 Å². The van der Waals surface area contributed by atoms with Gasteiger partial charge in [-0.05, 0) is 6.07 Å². The zero-order valence-electron chi connectivity index (χ0n) is 9.28. The van der Waals surface area contributed by atoms with E-state index < -0.39 is 30.0 Å². The van der Waals surface area contributed by atoms with Gasteiger partial charge in [0.25, 0.3) is 0 Å². The van der Waals surface area contributed by atoms with Crippen LogP contribution in [0.4, 0.5) is 5.82 Å². The Kier molecular flexibility index (Phi) is 3.57. The van der Waals surface area contributed by atoms with Crippen LogP contribution >= 0.6 is 0 Å². The topological polar surface area (TPSA) is 131 Å². The molecule has 0 saturated carbocycles. The molecule has 1 aliphatic heterocycles. The van der Waals surface area contributed by atoms with Crippen LogP contribution in [-0.2, 0) is 4.74 Å². The quantitative estimate of drug-likeness (QED) is 0.509. The van der Waals surface area contributed by atoms with Gasteiger partial charge in [-0.1, -0.05) is 0 Å². The van der Waals surface area contributed by atoms with Gasteiger partial charge >= 0.3 is 5.69 Å². The molecule has 4 N–H and O–H groups in total. The van der Waals surface area contributed by atoms with Gasteiger partial charge in [0.2, 0.25) is 0 Å². The Balaban J connectivity index is 2.14. The maximum absolute atomic E-state index is 11.0. The van der Waals surface area contributed by atoms with Crippen LogP contribution in [0, 0.1) is 17.2 Å². The highest BCUT2D eigenvalue weighted by atomic mass is 16.5. The predicted octanol–water partition coefficient (Wildman–Crippen LogP) is -1.60. The second-order valence-corrected chi connectivity index (χ2v) is 3.85. The van der Waals surface area contributed by atoms with Gasteiger partial charge in [-0.25, -0.2) is 4.79 Å². The number of nitriles is 1. The first-order valence-corrected chi connectivity index (χ1v) is 5.32. The molecule has 2 rings (SSSR count). The Morgan fingerprint density at radius 1 is 1.67 bits per heavy atom. The van der Waals surface area contributed by atoms with Gasteiger partial charge in [-0.3, -0.25) is 0 Å². The summed E-state index contributed by atoms with van der Waals surface area (Å²) in [5.74, 6) is -0.613. The second kappa shape index (κ2) is 5.14. The lowest BCUT2D eigenvalue weighted by molar-refractivity contribution is -0.0150. The molecular weight excluding hydrogens is 240 g/mol. The lowest BCUT2D eigenvalue weighted by Crippen LogP contribution is -2.31. The molecule has 1 aromatic rings. The molecule has 2 heterocycles. The molecule has 1 saturated heterocycles. The van der Waals surface area contributed by atoms with Crippen LogP contribution in [-0.4, -0.2) is 45.2 Å². The number of nitrogens with one attached hydrogen (secondary N) is 2. The van der Waals surface area contributed by atoms with Crippen molar-refractivity contribution in [2.45, 2.75) is 18.4 Å². The fourth-order valence-electron chi connectivity index (χ4n) is 1.78. The Hall–Kier alpha value is -1.95. The number of hydrogen-bond donors (Lipinski definition) is 4. The largest absolute Gasteiger partial charge is 0.394 e. The molecule has 8 nitrogen and oxygen atoms in total. The van der Waals surface area contributed by atoms with Gasteiger partial charge in [0.15, 0.2) is 0 Å². The number of H-pyrrole nitrogens is 1. The molecule has 0 bridgehead atoms. The summed E-state index contributed by atoms with van der Waals surface area (Å²) >= 11 is 0. The van der Waals surface area contributed by atoms with Crippen LogP contribution in [0.5, 0.6) is 0 Å². The summed E-state index contributed by atoms with van der Waals surface area (Å²) in [6, 6.07) is 3.40. The number of ether oxygens (including phenoxy) is 1. The van der Waals surface area contributed by atoms with Crippen LogP contribution in [0.25, 0.3) is 0 Å². The summed E-state index contributed by atoms with van der Waals surface area (Å²) in [5, 5.41) is 30.4. The van der Waals surface area contributed by atoms with Crippen molar-refractivity contribution in [2.75, 3.05) is 11.9 Å². The summed E-state index contributed by atoms with van der Waals surface area (Å²) < 4.78 is 5.28. The van der Waals surface area contributed by atoms with Gasteiger partial charge in [-0.15, -0.1) is 0 Å². The van der Waals surface area contributed by atoms with Crippen LogP contribution in [0.15, 0.2) is 17.1 Å². The number of nitrogens with zero attached hydrogens (tertiary/aromatic N) is 2. The Labute approximate surface area is 102 Å². The number of rotatable bonds is 3. The molecule has 0 amide bonds. The molecule has 18 heavy (non-hydrogen) atoms. The first kappa shape index (κ1) is 12.5. The SMILES string of the molecule is N#C[C@@H]1C(Nc2cc[nH]c(=O)n2)O[C@H](CO)[C@H]1O. The third kappa shape index (κ3) is 2.33. The van der Waals surface area contributed by atoms with Gasteiger partial charge in [-0.2, -0.15) is 10.2 Å². The molecule has 1 aromatic heterocycles. The molecular formula is C10H12N4O4. The Bertz CT molecular complexity index is 511. The van der Waals surface area contributed by atoms with E-state index in [4.69, 9.17) is 15.1 Å². The van der Waals surface area contributed by atoms with Crippen LogP contribution < -0.4 is 11.0 Å². The molecule has 1 aliphatic rings. The van der Waals surface area contributed by atoms with Crippen LogP contribution in [0.3, 0.4) is 0 Å². The zero-order chi connectivity index (χ0) is 13.1. The summed E-state index contributed by atoms with van der Waals surface area (Å²) in [7, 11) is 0. The molecule has 4 atom stereocenters. The van der Waals surface area contributed by atoms with Crippen LogP contribution in [0.2, 0.25) is 0 Å². The first-order chi connectivity index (χ1) is 8.65. The number of aromatic amines is 1. The van der Waals surface area contributed by atoms with Gasteiger partial charge in [0.1, 0.15) is 30.2 Å². The molecule has 1 fully saturated rings. The number of aliphatic hydroxyl groups is 2. The summed E-state index contributed by atoms with van der Waals surface area (Å²) in [6.07, 6.45) is -1.33. The maximum Gasteiger partial charge on any atom is 0.346 e. The molecule has 0 aromatic carbocycles. The fraction of sp³-hybridized carbons (Fsp3) is 0.500. The first-order valence-electron chi connectivity index (χ1n) is 5.32. The molecule has 96 valence electrons. The molecule has 0 spiro atoms. The molecule has 0 aliphatic carbocycles. The van der Waals surface area contributed by atoms with E-state index in [9.17, 15) is 9.90 Å². The van der Waals surface area contributed by atoms with Crippen molar-refractivity contribution in [2.24, 2.45) is 5.92 Å². The smallest absolute Gasteiger partial charge is 0.346 e. The second-order valence-electron chi connectivity index (χ2n) is 3.85. The minimum Gasteiger partial charge on any atom is -0.394 e. The molecule has 8 heteroatoms. The molecule has 1 unspecified atom stereocenters. The number of aromatic nitrogens is 2. The van der Waals surface area contributed by atoms with E-state index in [1.54, 1.807) is 0 Å². The highest BCUT2D eigenvalue weighted by Gasteiger charge is 2.43. The normalized spacial score (nSPS) is 30.9. The lowest BCUT2D eigenvalue weighted by atomic mass is 10.0. The minimum atomic E-state index is -1.08. The van der Waals surface area contributed by atoms with E-state index in [1.807, 2.05) is 6.07 Å². The highest BCUT2D eigenvalue weighted by Crippen LogP contribution is 2.26. The third-order valence-corrected chi connectivity index (χ3v) is 2.69. The van der Waals surface area contributed by atoms with Crippen molar-refractivity contribution in [3.05, 3.63) is 22.7 Å². The number of hydrogen-bond acceptors (Lipinski definition) is 7. The van der Waals surface area contributed by atoms with Gasteiger partial charge in [0.05, 0.1) is 12.7 Å². The lowest BCUT2D eigenvalue weighted by Gasteiger charge is -2.15. The molecule has 0 radical (unpaired) electrons. The van der Waals surface area contributed by atoms with E-state index >= 15 is 0 Å². The predicted molar refractivity (Wildman–Crippen MR) is 59.3 cm³/mol. The van der Waals surface area contributed by atoms with Crippen LogP contribution in [0.1, 0.15) is 0 Å². The summed E-state index contributed by atoms with van der Waals surface area (Å²) in [6.45, 7) is -0.389. The van der Waals surface area contributed by atoms with E-state index in [-0.39, 0.29) is 12.4 Å². The van der Waals surface area contributed by atoms with E-state index in [0.29, 0.717) is 0 Å². The van der Waals surface area contributed by atoms with Crippen molar-refractivity contribution < 1.29 is 14.9 Å². The minimum absolute atomic E-state index is 0.231. The van der Waals surface area contributed by atoms with Crippen molar-refractivity contribution in [3.8, 4) is 6.07 Å². The third-order valence-electron chi connectivity index (χ3n) is 2.69. The van der Waals surface area contributed by atoms with Crippen molar-refractivity contribution >= 4 is 5.82 Å². The average molecular weight is 252 g/mol. The highest BCUT2D eigenvalue weighted by molar-refractivity contribution is 5.33. The number of anilines is 1.